The van der Waals surface area contributed by atoms with Gasteiger partial charge in [-0.1, -0.05) is 34.1 Å². The zero-order chi connectivity index (χ0) is 19.9. The van der Waals surface area contributed by atoms with E-state index in [0.717, 1.165) is 22.1 Å². The van der Waals surface area contributed by atoms with Gasteiger partial charge in [-0.2, -0.15) is 0 Å². The number of benzene rings is 2. The molecular formula is C20H22BrN5O2. The van der Waals surface area contributed by atoms with Gasteiger partial charge in [-0.15, -0.1) is 10.2 Å². The standard InChI is InChI=1S/C20H22BrN5O2/c1-25(2)10-11-26(13-15-6-8-17(21)9-7-15)20(27)23-18-5-3-4-16(12-18)19-24-22-14-28-19/h3-9,12,14H,10-11,13H2,1-2H3,(H,23,27). The van der Waals surface area contributed by atoms with Gasteiger partial charge in [0.25, 0.3) is 0 Å². The third kappa shape index (κ3) is 5.64. The lowest BCUT2D eigenvalue weighted by atomic mass is 10.2. The number of anilines is 1. The first-order valence-electron chi connectivity index (χ1n) is 8.83. The van der Waals surface area contributed by atoms with E-state index in [1.54, 1.807) is 4.90 Å². The van der Waals surface area contributed by atoms with Crippen LogP contribution in [0.5, 0.6) is 0 Å². The number of halogens is 1. The van der Waals surface area contributed by atoms with Gasteiger partial charge >= 0.3 is 6.03 Å². The summed E-state index contributed by atoms with van der Waals surface area (Å²) in [7, 11) is 3.98. The molecule has 0 saturated heterocycles. The lowest BCUT2D eigenvalue weighted by molar-refractivity contribution is 0.202. The van der Waals surface area contributed by atoms with Crippen LogP contribution in [0.25, 0.3) is 11.5 Å². The maximum Gasteiger partial charge on any atom is 0.322 e. The van der Waals surface area contributed by atoms with Crippen LogP contribution >= 0.6 is 15.9 Å². The minimum Gasteiger partial charge on any atom is -0.423 e. The van der Waals surface area contributed by atoms with Gasteiger partial charge in [0.1, 0.15) is 0 Å². The Morgan fingerprint density at radius 3 is 2.61 bits per heavy atom. The van der Waals surface area contributed by atoms with E-state index in [9.17, 15) is 4.79 Å². The quantitative estimate of drug-likeness (QED) is 0.594. The molecule has 0 aliphatic heterocycles. The Hall–Kier alpha value is -2.71. The molecule has 3 rings (SSSR count). The smallest absolute Gasteiger partial charge is 0.322 e. The zero-order valence-electron chi connectivity index (χ0n) is 15.8. The van der Waals surface area contributed by atoms with Gasteiger partial charge in [-0.05, 0) is 50.0 Å². The summed E-state index contributed by atoms with van der Waals surface area (Å²) in [5, 5.41) is 10.6. The van der Waals surface area contributed by atoms with Gasteiger partial charge in [0.05, 0.1) is 0 Å². The molecule has 8 heteroatoms. The molecule has 3 aromatic rings. The fraction of sp³-hybridized carbons (Fsp3) is 0.250. The normalized spacial score (nSPS) is 10.9. The summed E-state index contributed by atoms with van der Waals surface area (Å²) in [6, 6.07) is 15.2. The van der Waals surface area contributed by atoms with Crippen molar-refractivity contribution >= 4 is 27.6 Å². The van der Waals surface area contributed by atoms with Crippen LogP contribution < -0.4 is 5.32 Å². The van der Waals surface area contributed by atoms with Crippen LogP contribution in [-0.2, 0) is 6.54 Å². The second-order valence-corrected chi connectivity index (χ2v) is 7.52. The van der Waals surface area contributed by atoms with E-state index < -0.39 is 0 Å². The molecule has 0 atom stereocenters. The maximum atomic E-state index is 12.9. The highest BCUT2D eigenvalue weighted by molar-refractivity contribution is 9.10. The molecule has 1 aromatic heterocycles. The molecule has 1 N–H and O–H groups in total. The SMILES string of the molecule is CN(C)CCN(Cc1ccc(Br)cc1)C(=O)Nc1cccc(-c2nnco2)c1. The summed E-state index contributed by atoms with van der Waals surface area (Å²) in [5.74, 6) is 0.412. The monoisotopic (exact) mass is 443 g/mol. The third-order valence-corrected chi connectivity index (χ3v) is 4.64. The number of hydrogen-bond acceptors (Lipinski definition) is 5. The molecule has 28 heavy (non-hydrogen) atoms. The Kier molecular flexibility index (Phi) is 6.78. The molecule has 7 nitrogen and oxygen atoms in total. The molecule has 0 radical (unpaired) electrons. The number of hydrogen-bond donors (Lipinski definition) is 1. The number of nitrogens with one attached hydrogen (secondary N) is 1. The van der Waals surface area contributed by atoms with Gasteiger partial charge in [0, 0.05) is 35.4 Å². The molecule has 0 aliphatic rings. The fourth-order valence-corrected chi connectivity index (χ4v) is 2.88. The van der Waals surface area contributed by atoms with Crippen LogP contribution in [0.15, 0.2) is 63.8 Å². The van der Waals surface area contributed by atoms with Crippen LogP contribution in [0, 0.1) is 0 Å². The first-order chi connectivity index (χ1) is 13.5. The topological polar surface area (TPSA) is 74.5 Å². The molecule has 0 saturated carbocycles. The van der Waals surface area contributed by atoms with Crippen molar-refractivity contribution in [3.05, 3.63) is 65.0 Å². The van der Waals surface area contributed by atoms with E-state index in [2.05, 4.69) is 36.3 Å². The first-order valence-corrected chi connectivity index (χ1v) is 9.62. The predicted octanol–water partition coefficient (Wildman–Crippen LogP) is 4.09. The summed E-state index contributed by atoms with van der Waals surface area (Å²) in [6.07, 6.45) is 1.28. The number of likely N-dealkylation sites (N-methyl/N-ethyl adjacent to an activating group) is 1. The van der Waals surface area contributed by atoms with Crippen molar-refractivity contribution in [2.75, 3.05) is 32.5 Å². The molecular weight excluding hydrogens is 422 g/mol. The second-order valence-electron chi connectivity index (χ2n) is 6.61. The molecule has 0 fully saturated rings. The number of rotatable bonds is 7. The van der Waals surface area contributed by atoms with Crippen LogP contribution in [0.4, 0.5) is 10.5 Å². The van der Waals surface area contributed by atoms with Gasteiger partial charge < -0.3 is 19.5 Å². The molecule has 1 heterocycles. The van der Waals surface area contributed by atoms with E-state index in [1.807, 2.05) is 62.6 Å². The van der Waals surface area contributed by atoms with Crippen LogP contribution in [0.3, 0.4) is 0 Å². The predicted molar refractivity (Wildman–Crippen MR) is 112 cm³/mol. The number of nitrogens with zero attached hydrogens (tertiary/aromatic N) is 4. The average Bonchev–Trinajstić information content (AvgIpc) is 3.21. The summed E-state index contributed by atoms with van der Waals surface area (Å²) in [4.78, 5) is 16.8. The highest BCUT2D eigenvalue weighted by atomic mass is 79.9. The fourth-order valence-electron chi connectivity index (χ4n) is 2.61. The Morgan fingerprint density at radius 2 is 1.93 bits per heavy atom. The average molecular weight is 444 g/mol. The Bertz CT molecular complexity index is 897. The first kappa shape index (κ1) is 20.0. The largest absolute Gasteiger partial charge is 0.423 e. The van der Waals surface area contributed by atoms with Gasteiger partial charge in [-0.3, -0.25) is 0 Å². The van der Waals surface area contributed by atoms with E-state index >= 15 is 0 Å². The van der Waals surface area contributed by atoms with Crippen molar-refractivity contribution in [3.8, 4) is 11.5 Å². The third-order valence-electron chi connectivity index (χ3n) is 4.11. The maximum absolute atomic E-state index is 12.9. The molecule has 0 aliphatic carbocycles. The Morgan fingerprint density at radius 1 is 1.14 bits per heavy atom. The molecule has 2 aromatic carbocycles. The molecule has 0 unspecified atom stereocenters. The molecule has 0 bridgehead atoms. The number of aromatic nitrogens is 2. The van der Waals surface area contributed by atoms with Gasteiger partial charge in [0.15, 0.2) is 0 Å². The minimum atomic E-state index is -0.160. The van der Waals surface area contributed by atoms with E-state index in [1.165, 1.54) is 6.39 Å². The van der Waals surface area contributed by atoms with Crippen molar-refractivity contribution in [2.45, 2.75) is 6.54 Å². The number of carbonyl (C=O) groups is 1. The van der Waals surface area contributed by atoms with E-state index in [-0.39, 0.29) is 6.03 Å². The van der Waals surface area contributed by atoms with E-state index in [0.29, 0.717) is 24.7 Å². The Balaban J connectivity index is 1.73. The lowest BCUT2D eigenvalue weighted by Crippen LogP contribution is -2.39. The zero-order valence-corrected chi connectivity index (χ0v) is 17.4. The van der Waals surface area contributed by atoms with Crippen LogP contribution in [0.1, 0.15) is 5.56 Å². The van der Waals surface area contributed by atoms with Gasteiger partial charge in [-0.25, -0.2) is 4.79 Å². The molecule has 2 amide bonds. The minimum absolute atomic E-state index is 0.160. The van der Waals surface area contributed by atoms with Crippen LogP contribution in [-0.4, -0.2) is 53.2 Å². The molecule has 146 valence electrons. The number of amides is 2. The highest BCUT2D eigenvalue weighted by Crippen LogP contribution is 2.21. The summed E-state index contributed by atoms with van der Waals surface area (Å²) >= 11 is 3.44. The summed E-state index contributed by atoms with van der Waals surface area (Å²) in [5.41, 5.74) is 2.49. The number of carbonyl (C=O) groups excluding carboxylic acids is 1. The van der Waals surface area contributed by atoms with Crippen molar-refractivity contribution in [3.63, 3.8) is 0 Å². The highest BCUT2D eigenvalue weighted by Gasteiger charge is 2.15. The second kappa shape index (κ2) is 9.48. The Labute approximate surface area is 172 Å². The van der Waals surface area contributed by atoms with E-state index in [4.69, 9.17) is 4.42 Å². The van der Waals surface area contributed by atoms with Crippen molar-refractivity contribution in [1.29, 1.82) is 0 Å². The van der Waals surface area contributed by atoms with Gasteiger partial charge in [0.2, 0.25) is 12.3 Å². The van der Waals surface area contributed by atoms with Crippen molar-refractivity contribution in [2.24, 2.45) is 0 Å². The molecule has 0 spiro atoms. The number of urea groups is 1. The van der Waals surface area contributed by atoms with Crippen LogP contribution in [0.2, 0.25) is 0 Å². The summed E-state index contributed by atoms with van der Waals surface area (Å²) < 4.78 is 6.24. The van der Waals surface area contributed by atoms with Crippen molar-refractivity contribution in [1.82, 2.24) is 20.0 Å². The summed E-state index contributed by atoms with van der Waals surface area (Å²) in [6.45, 7) is 1.90. The lowest BCUT2D eigenvalue weighted by Gasteiger charge is -2.25. The van der Waals surface area contributed by atoms with Crippen molar-refractivity contribution < 1.29 is 9.21 Å².